The Morgan fingerprint density at radius 2 is 2.07 bits per heavy atom. The number of benzene rings is 1. The minimum Gasteiger partial charge on any atom is -0.451 e. The standard InChI is InChI=1S/C18H15N3O5S2/c1-10-3-4-13(14(7-10)21(24)25)20-15(22)8-26-18(23)16-11(2)19-17(28-16)12-5-6-27-9-12/h3-7,9H,8H2,1-2H3,(H,20,22). The number of nitrogens with one attached hydrogen (secondary N) is 1. The second-order valence-corrected chi connectivity index (χ2v) is 7.63. The number of carbonyl (C=O) groups is 2. The number of nitrogens with zero attached hydrogens (tertiary/aromatic N) is 2. The zero-order chi connectivity index (χ0) is 20.3. The van der Waals surface area contributed by atoms with Crippen molar-refractivity contribution >= 4 is 45.9 Å². The number of anilines is 1. The second kappa shape index (κ2) is 8.28. The maximum Gasteiger partial charge on any atom is 0.350 e. The third-order valence-electron chi connectivity index (χ3n) is 3.71. The number of hydrogen-bond acceptors (Lipinski definition) is 8. The van der Waals surface area contributed by atoms with Crippen LogP contribution in [0.1, 0.15) is 20.9 Å². The maximum atomic E-state index is 12.3. The molecule has 0 unspecified atom stereocenters. The van der Waals surface area contributed by atoms with Crippen LogP contribution in [0.25, 0.3) is 10.6 Å². The van der Waals surface area contributed by atoms with Gasteiger partial charge in [-0.25, -0.2) is 9.78 Å². The number of esters is 1. The van der Waals surface area contributed by atoms with Crippen molar-refractivity contribution in [1.82, 2.24) is 4.98 Å². The van der Waals surface area contributed by atoms with E-state index < -0.39 is 23.4 Å². The summed E-state index contributed by atoms with van der Waals surface area (Å²) in [6.07, 6.45) is 0. The van der Waals surface area contributed by atoms with Crippen molar-refractivity contribution in [2.75, 3.05) is 11.9 Å². The van der Waals surface area contributed by atoms with E-state index in [0.29, 0.717) is 21.1 Å². The Morgan fingerprint density at radius 3 is 2.75 bits per heavy atom. The molecule has 2 heterocycles. The molecular formula is C18H15N3O5S2. The van der Waals surface area contributed by atoms with Gasteiger partial charge in [0.1, 0.15) is 15.6 Å². The third-order valence-corrected chi connectivity index (χ3v) is 5.58. The Hall–Kier alpha value is -3.11. The summed E-state index contributed by atoms with van der Waals surface area (Å²) in [5.41, 5.74) is 1.95. The number of thiophene rings is 1. The number of rotatable bonds is 6. The maximum absolute atomic E-state index is 12.3. The molecule has 0 saturated heterocycles. The van der Waals surface area contributed by atoms with Crippen LogP contribution in [0.3, 0.4) is 0 Å². The lowest BCUT2D eigenvalue weighted by Crippen LogP contribution is -2.21. The van der Waals surface area contributed by atoms with Gasteiger partial charge in [-0.3, -0.25) is 14.9 Å². The van der Waals surface area contributed by atoms with Gasteiger partial charge < -0.3 is 10.1 Å². The Bertz CT molecular complexity index is 1040. The third kappa shape index (κ3) is 4.41. The average molecular weight is 417 g/mol. The van der Waals surface area contributed by atoms with Crippen LogP contribution in [-0.4, -0.2) is 28.4 Å². The molecule has 3 rings (SSSR count). The van der Waals surface area contributed by atoms with Crippen LogP contribution in [-0.2, 0) is 9.53 Å². The van der Waals surface area contributed by atoms with Crippen molar-refractivity contribution < 1.29 is 19.2 Å². The van der Waals surface area contributed by atoms with Crippen LogP contribution >= 0.6 is 22.7 Å². The van der Waals surface area contributed by atoms with E-state index in [9.17, 15) is 19.7 Å². The van der Waals surface area contributed by atoms with Crippen molar-refractivity contribution in [2.45, 2.75) is 13.8 Å². The first-order valence-electron chi connectivity index (χ1n) is 8.07. The van der Waals surface area contributed by atoms with Crippen molar-refractivity contribution in [2.24, 2.45) is 0 Å². The minimum absolute atomic E-state index is 0.0466. The fourth-order valence-corrected chi connectivity index (χ4v) is 4.05. The van der Waals surface area contributed by atoms with Crippen LogP contribution in [0.4, 0.5) is 11.4 Å². The predicted molar refractivity (Wildman–Crippen MR) is 107 cm³/mol. The highest BCUT2D eigenvalue weighted by Gasteiger charge is 2.20. The van der Waals surface area contributed by atoms with Gasteiger partial charge in [0.15, 0.2) is 6.61 Å². The molecule has 10 heteroatoms. The number of hydrogen-bond donors (Lipinski definition) is 1. The number of aryl methyl sites for hydroxylation is 2. The summed E-state index contributed by atoms with van der Waals surface area (Å²) in [5, 5.41) is 18.0. The molecule has 0 aliphatic carbocycles. The SMILES string of the molecule is Cc1ccc(NC(=O)COC(=O)c2sc(-c3ccsc3)nc2C)c([N+](=O)[O-])c1. The van der Waals surface area contributed by atoms with Crippen LogP contribution < -0.4 is 5.32 Å². The number of nitro benzene ring substituents is 1. The quantitative estimate of drug-likeness (QED) is 0.366. The average Bonchev–Trinajstić information content (AvgIpc) is 3.30. The molecule has 0 radical (unpaired) electrons. The van der Waals surface area contributed by atoms with E-state index in [-0.39, 0.29) is 11.4 Å². The summed E-state index contributed by atoms with van der Waals surface area (Å²) in [5.74, 6) is -1.33. The van der Waals surface area contributed by atoms with E-state index in [2.05, 4.69) is 10.3 Å². The molecule has 0 saturated carbocycles. The molecule has 2 aromatic heterocycles. The zero-order valence-corrected chi connectivity index (χ0v) is 16.6. The summed E-state index contributed by atoms with van der Waals surface area (Å²) in [4.78, 5) is 39.5. The summed E-state index contributed by atoms with van der Waals surface area (Å²) in [7, 11) is 0. The summed E-state index contributed by atoms with van der Waals surface area (Å²) in [6, 6.07) is 6.34. The first-order chi connectivity index (χ1) is 13.3. The molecule has 0 fully saturated rings. The lowest BCUT2D eigenvalue weighted by atomic mass is 10.2. The van der Waals surface area contributed by atoms with Crippen LogP contribution in [0.15, 0.2) is 35.0 Å². The Kier molecular flexibility index (Phi) is 5.81. The van der Waals surface area contributed by atoms with E-state index >= 15 is 0 Å². The van der Waals surface area contributed by atoms with E-state index in [4.69, 9.17) is 4.74 Å². The number of amides is 1. The monoisotopic (exact) mass is 417 g/mol. The molecule has 1 amide bonds. The molecule has 0 aliphatic heterocycles. The van der Waals surface area contributed by atoms with Gasteiger partial charge in [0.2, 0.25) is 0 Å². The number of thiazole rings is 1. The molecule has 1 aromatic carbocycles. The van der Waals surface area contributed by atoms with Gasteiger partial charge in [0, 0.05) is 17.0 Å². The number of aromatic nitrogens is 1. The normalized spacial score (nSPS) is 10.5. The van der Waals surface area contributed by atoms with Gasteiger partial charge in [0.05, 0.1) is 10.6 Å². The highest BCUT2D eigenvalue weighted by Crippen LogP contribution is 2.30. The van der Waals surface area contributed by atoms with Crippen LogP contribution in [0, 0.1) is 24.0 Å². The van der Waals surface area contributed by atoms with Gasteiger partial charge in [0.25, 0.3) is 11.6 Å². The first-order valence-corrected chi connectivity index (χ1v) is 9.83. The molecule has 0 atom stereocenters. The smallest absolute Gasteiger partial charge is 0.350 e. The lowest BCUT2D eigenvalue weighted by Gasteiger charge is -2.07. The molecule has 1 N–H and O–H groups in total. The van der Waals surface area contributed by atoms with E-state index in [0.717, 1.165) is 5.56 Å². The Labute approximate surface area is 168 Å². The van der Waals surface area contributed by atoms with Crippen molar-refractivity contribution in [3.63, 3.8) is 0 Å². The minimum atomic E-state index is -0.666. The number of nitro groups is 1. The zero-order valence-electron chi connectivity index (χ0n) is 14.9. The van der Waals surface area contributed by atoms with E-state index in [1.54, 1.807) is 19.9 Å². The fourth-order valence-electron chi connectivity index (χ4n) is 2.38. The van der Waals surface area contributed by atoms with Gasteiger partial charge in [-0.05, 0) is 36.9 Å². The molecule has 8 nitrogen and oxygen atoms in total. The molecule has 144 valence electrons. The van der Waals surface area contributed by atoms with Crippen LogP contribution in [0.2, 0.25) is 0 Å². The molecule has 0 spiro atoms. The van der Waals surface area contributed by atoms with Gasteiger partial charge in [-0.15, -0.1) is 11.3 Å². The highest BCUT2D eigenvalue weighted by molar-refractivity contribution is 7.17. The van der Waals surface area contributed by atoms with Crippen molar-refractivity contribution in [1.29, 1.82) is 0 Å². The Balaban J connectivity index is 1.64. The molecular weight excluding hydrogens is 402 g/mol. The first kappa shape index (κ1) is 19.6. The van der Waals surface area contributed by atoms with E-state index in [1.807, 2.05) is 16.8 Å². The fraction of sp³-hybridized carbons (Fsp3) is 0.167. The second-order valence-electron chi connectivity index (χ2n) is 5.85. The summed E-state index contributed by atoms with van der Waals surface area (Å²) >= 11 is 2.72. The summed E-state index contributed by atoms with van der Waals surface area (Å²) in [6.45, 7) is 2.84. The van der Waals surface area contributed by atoms with Gasteiger partial charge in [-0.2, -0.15) is 11.3 Å². The molecule has 0 bridgehead atoms. The lowest BCUT2D eigenvalue weighted by molar-refractivity contribution is -0.384. The van der Waals surface area contributed by atoms with Crippen molar-refractivity contribution in [3.05, 3.63) is 61.3 Å². The van der Waals surface area contributed by atoms with Gasteiger partial charge in [-0.1, -0.05) is 6.07 Å². The Morgan fingerprint density at radius 1 is 1.29 bits per heavy atom. The highest BCUT2D eigenvalue weighted by atomic mass is 32.1. The molecule has 0 aliphatic rings. The number of ether oxygens (including phenoxy) is 1. The van der Waals surface area contributed by atoms with Gasteiger partial charge >= 0.3 is 5.97 Å². The van der Waals surface area contributed by atoms with E-state index in [1.165, 1.54) is 34.8 Å². The molecule has 3 aromatic rings. The molecule has 28 heavy (non-hydrogen) atoms. The summed E-state index contributed by atoms with van der Waals surface area (Å²) < 4.78 is 5.05. The predicted octanol–water partition coefficient (Wildman–Crippen LogP) is 4.19. The topological polar surface area (TPSA) is 111 Å². The number of carbonyl (C=O) groups excluding carboxylic acids is 2. The van der Waals surface area contributed by atoms with Crippen LogP contribution in [0.5, 0.6) is 0 Å². The largest absolute Gasteiger partial charge is 0.451 e. The van der Waals surface area contributed by atoms with Crippen molar-refractivity contribution in [3.8, 4) is 10.6 Å².